The fourth-order valence-electron chi connectivity index (χ4n) is 10.8. The Morgan fingerprint density at radius 2 is 0.427 bits per heavy atom. The second kappa shape index (κ2) is 33.9. The van der Waals surface area contributed by atoms with Gasteiger partial charge in [0.1, 0.15) is 23.0 Å². The SMILES string of the molecule is CCCCC(CC)COc1ccc(N(c2ccc(OCC(CC)CCCC)cc2)c2ccc(N(c3ccc(C)cc3)c3ccc(N(c4ccc(OCC(CC)CCCC)cc4)c4ccc(OCC(CC)CCCC)cc4)cc3)cc2)cc1. The summed E-state index contributed by atoms with van der Waals surface area (Å²) >= 11 is 0. The molecule has 0 saturated heterocycles. The van der Waals surface area contributed by atoms with Gasteiger partial charge in [0.05, 0.1) is 26.4 Å². The van der Waals surface area contributed by atoms with Crippen LogP contribution in [-0.4, -0.2) is 26.4 Å². The number of ether oxygens (including phenoxy) is 4. The second-order valence-electron chi connectivity index (χ2n) is 22.8. The lowest BCUT2D eigenvalue weighted by Crippen LogP contribution is -2.14. The fraction of sp³-hybridized carbons (Fsp3) is 0.440. The zero-order valence-corrected chi connectivity index (χ0v) is 51.6. The molecule has 0 aromatic heterocycles. The Morgan fingerprint density at radius 3 is 0.598 bits per heavy atom. The van der Waals surface area contributed by atoms with Crippen molar-refractivity contribution in [3.63, 3.8) is 0 Å². The van der Waals surface area contributed by atoms with Crippen LogP contribution in [0.15, 0.2) is 170 Å². The van der Waals surface area contributed by atoms with E-state index in [0.29, 0.717) is 23.7 Å². The molecule has 0 heterocycles. The standard InChI is InChI=1S/C75H99N3O4/c1-10-18-22-59(14-5)54-79-72-46-38-68(39-47-72)77(69-40-48-73(49-41-69)80-55-60(15-6)23-19-11-2)66-34-30-64(31-35-66)76(63-28-26-58(9)27-29-63)65-32-36-67(37-33-65)78(70-42-50-74(51-43-70)81-56-61(16-7)24-20-12-3)71-44-52-75(53-45-71)82-57-62(17-8)25-21-13-4/h26-53,59-62H,10-25,54-57H2,1-9H3. The number of rotatable bonds is 37. The summed E-state index contributed by atoms with van der Waals surface area (Å²) in [7, 11) is 0. The highest BCUT2D eigenvalue weighted by Gasteiger charge is 2.20. The highest BCUT2D eigenvalue weighted by atomic mass is 16.5. The van der Waals surface area contributed by atoms with Gasteiger partial charge < -0.3 is 33.6 Å². The molecular formula is C75H99N3O4. The summed E-state index contributed by atoms with van der Waals surface area (Å²) in [5, 5.41) is 0. The Bertz CT molecular complexity index is 2510. The van der Waals surface area contributed by atoms with Crippen molar-refractivity contribution in [1.82, 2.24) is 0 Å². The molecule has 438 valence electrons. The van der Waals surface area contributed by atoms with Gasteiger partial charge in [-0.1, -0.05) is 150 Å². The molecule has 0 amide bonds. The summed E-state index contributed by atoms with van der Waals surface area (Å²) in [6.45, 7) is 23.2. The molecule has 0 spiro atoms. The lowest BCUT2D eigenvalue weighted by atomic mass is 10.0. The molecule has 7 nitrogen and oxygen atoms in total. The van der Waals surface area contributed by atoms with Crippen molar-refractivity contribution in [2.75, 3.05) is 41.1 Å². The average molecular weight is 1110 g/mol. The number of hydrogen-bond donors (Lipinski definition) is 0. The van der Waals surface area contributed by atoms with Gasteiger partial charge in [0.15, 0.2) is 0 Å². The highest BCUT2D eigenvalue weighted by molar-refractivity contribution is 5.83. The van der Waals surface area contributed by atoms with Gasteiger partial charge in [-0.05, 0) is 214 Å². The maximum absolute atomic E-state index is 6.41. The molecule has 7 aromatic rings. The number of benzene rings is 7. The first-order valence-corrected chi connectivity index (χ1v) is 31.8. The van der Waals surface area contributed by atoms with E-state index in [2.05, 4.69) is 247 Å². The number of anilines is 9. The van der Waals surface area contributed by atoms with Crippen LogP contribution in [-0.2, 0) is 0 Å². The van der Waals surface area contributed by atoms with Crippen LogP contribution in [0.2, 0.25) is 0 Å². The van der Waals surface area contributed by atoms with Crippen LogP contribution in [0.1, 0.15) is 164 Å². The van der Waals surface area contributed by atoms with Crippen LogP contribution in [0.4, 0.5) is 51.2 Å². The first kappa shape index (κ1) is 62.7. The van der Waals surface area contributed by atoms with Gasteiger partial charge in [0.25, 0.3) is 0 Å². The van der Waals surface area contributed by atoms with Crippen LogP contribution in [0, 0.1) is 30.6 Å². The van der Waals surface area contributed by atoms with Gasteiger partial charge in [-0.25, -0.2) is 0 Å². The summed E-state index contributed by atoms with van der Waals surface area (Å²) in [6, 6.07) is 61.2. The zero-order valence-electron chi connectivity index (χ0n) is 51.6. The van der Waals surface area contributed by atoms with Crippen molar-refractivity contribution in [2.45, 2.75) is 165 Å². The minimum Gasteiger partial charge on any atom is -0.493 e. The third-order valence-corrected chi connectivity index (χ3v) is 16.5. The lowest BCUT2D eigenvalue weighted by Gasteiger charge is -2.30. The molecule has 0 aliphatic carbocycles. The number of aryl methyl sites for hydroxylation is 1. The van der Waals surface area contributed by atoms with Crippen molar-refractivity contribution < 1.29 is 18.9 Å². The quantitative estimate of drug-likeness (QED) is 0.0385. The van der Waals surface area contributed by atoms with Crippen molar-refractivity contribution in [3.05, 3.63) is 175 Å². The third kappa shape index (κ3) is 18.6. The van der Waals surface area contributed by atoms with Crippen LogP contribution in [0.25, 0.3) is 0 Å². The van der Waals surface area contributed by atoms with E-state index >= 15 is 0 Å². The Hall–Kier alpha value is -6.86. The summed E-state index contributed by atoms with van der Waals surface area (Å²) in [6.07, 6.45) is 19.1. The van der Waals surface area contributed by atoms with E-state index in [0.717, 1.165) is 126 Å². The van der Waals surface area contributed by atoms with E-state index < -0.39 is 0 Å². The maximum atomic E-state index is 6.41. The minimum absolute atomic E-state index is 0.562. The van der Waals surface area contributed by atoms with Crippen molar-refractivity contribution >= 4 is 51.2 Å². The van der Waals surface area contributed by atoms with Crippen LogP contribution >= 0.6 is 0 Å². The van der Waals surface area contributed by atoms with E-state index in [1.54, 1.807) is 0 Å². The molecule has 0 aliphatic heterocycles. The predicted octanol–water partition coefficient (Wildman–Crippen LogP) is 22.8. The molecule has 0 bridgehead atoms. The molecule has 4 unspecified atom stereocenters. The smallest absolute Gasteiger partial charge is 0.119 e. The van der Waals surface area contributed by atoms with E-state index in [1.807, 2.05) is 0 Å². The van der Waals surface area contributed by atoms with E-state index in [-0.39, 0.29) is 0 Å². The third-order valence-electron chi connectivity index (χ3n) is 16.5. The molecule has 0 N–H and O–H groups in total. The molecule has 4 atom stereocenters. The molecule has 0 aliphatic rings. The molecular weight excluding hydrogens is 1010 g/mol. The van der Waals surface area contributed by atoms with Gasteiger partial charge in [-0.2, -0.15) is 0 Å². The Kier molecular flexibility index (Phi) is 25.9. The zero-order chi connectivity index (χ0) is 57.9. The summed E-state index contributed by atoms with van der Waals surface area (Å²) in [5.74, 6) is 5.84. The first-order chi connectivity index (χ1) is 40.2. The van der Waals surface area contributed by atoms with Gasteiger partial charge in [-0.3, -0.25) is 0 Å². The Morgan fingerprint density at radius 1 is 0.256 bits per heavy atom. The van der Waals surface area contributed by atoms with Gasteiger partial charge >= 0.3 is 0 Å². The monoisotopic (exact) mass is 1110 g/mol. The van der Waals surface area contributed by atoms with Gasteiger partial charge in [0.2, 0.25) is 0 Å². The van der Waals surface area contributed by atoms with Gasteiger partial charge in [-0.15, -0.1) is 0 Å². The first-order valence-electron chi connectivity index (χ1n) is 31.8. The van der Waals surface area contributed by atoms with Gasteiger partial charge in [0, 0.05) is 51.2 Å². The predicted molar refractivity (Wildman–Crippen MR) is 350 cm³/mol. The molecule has 7 aromatic carbocycles. The van der Waals surface area contributed by atoms with E-state index in [4.69, 9.17) is 18.9 Å². The summed E-state index contributed by atoms with van der Waals surface area (Å²) < 4.78 is 25.6. The van der Waals surface area contributed by atoms with Crippen molar-refractivity contribution in [1.29, 1.82) is 0 Å². The lowest BCUT2D eigenvalue weighted by molar-refractivity contribution is 0.233. The minimum atomic E-state index is 0.562. The summed E-state index contributed by atoms with van der Waals surface area (Å²) in [5.41, 5.74) is 10.7. The number of nitrogens with zero attached hydrogens (tertiary/aromatic N) is 3. The van der Waals surface area contributed by atoms with E-state index in [9.17, 15) is 0 Å². The number of hydrogen-bond acceptors (Lipinski definition) is 7. The molecule has 7 heteroatoms. The van der Waals surface area contributed by atoms with Crippen LogP contribution < -0.4 is 33.6 Å². The van der Waals surface area contributed by atoms with Crippen molar-refractivity contribution in [2.24, 2.45) is 23.7 Å². The van der Waals surface area contributed by atoms with Crippen molar-refractivity contribution in [3.8, 4) is 23.0 Å². The molecule has 0 saturated carbocycles. The van der Waals surface area contributed by atoms with Crippen LogP contribution in [0.3, 0.4) is 0 Å². The summed E-state index contributed by atoms with van der Waals surface area (Å²) in [4.78, 5) is 7.00. The average Bonchev–Trinajstić information content (AvgIpc) is 3.72. The molecule has 7 rings (SSSR count). The topological polar surface area (TPSA) is 46.6 Å². The maximum Gasteiger partial charge on any atom is 0.119 e. The Balaban J connectivity index is 1.20. The Labute approximate surface area is 496 Å². The molecule has 82 heavy (non-hydrogen) atoms. The van der Waals surface area contributed by atoms with Crippen LogP contribution in [0.5, 0.6) is 23.0 Å². The van der Waals surface area contributed by atoms with E-state index in [1.165, 1.54) is 82.6 Å². The molecule has 0 fully saturated rings. The largest absolute Gasteiger partial charge is 0.493 e. The molecule has 0 radical (unpaired) electrons. The normalized spacial score (nSPS) is 12.7. The number of unbranched alkanes of at least 4 members (excludes halogenated alkanes) is 4. The fourth-order valence-corrected chi connectivity index (χ4v) is 10.8. The second-order valence-corrected chi connectivity index (χ2v) is 22.8. The highest BCUT2D eigenvalue weighted by Crippen LogP contribution is 2.43.